The van der Waals surface area contributed by atoms with E-state index in [0.29, 0.717) is 5.92 Å². The minimum Gasteiger partial charge on any atom is -0.393 e. The van der Waals surface area contributed by atoms with Gasteiger partial charge in [-0.3, -0.25) is 0 Å². The topological polar surface area (TPSA) is 20.2 Å². The van der Waals surface area contributed by atoms with E-state index in [2.05, 4.69) is 31.2 Å². The molecule has 1 nitrogen and oxygen atoms in total. The average Bonchev–Trinajstić information content (AvgIpc) is 2.15. The van der Waals surface area contributed by atoms with Crippen LogP contribution >= 0.6 is 0 Å². The van der Waals surface area contributed by atoms with Gasteiger partial charge in [0, 0.05) is 0 Å². The van der Waals surface area contributed by atoms with Gasteiger partial charge in [0.25, 0.3) is 0 Å². The molecule has 1 rings (SSSR count). The van der Waals surface area contributed by atoms with Crippen LogP contribution in [0.2, 0.25) is 0 Å². The average molecular weight is 192 g/mol. The van der Waals surface area contributed by atoms with E-state index < -0.39 is 0 Å². The molecule has 78 valence electrons. The van der Waals surface area contributed by atoms with Crippen LogP contribution in [0.25, 0.3) is 0 Å². The van der Waals surface area contributed by atoms with Crippen molar-refractivity contribution in [3.63, 3.8) is 0 Å². The molecular weight excluding hydrogens is 172 g/mol. The minimum absolute atomic E-state index is 0.166. The molecule has 1 N–H and O–H groups in total. The largest absolute Gasteiger partial charge is 0.393 e. The van der Waals surface area contributed by atoms with Crippen LogP contribution in [0.3, 0.4) is 0 Å². The zero-order valence-electron chi connectivity index (χ0n) is 9.11. The highest BCUT2D eigenvalue weighted by Crippen LogP contribution is 2.14. The summed E-state index contributed by atoms with van der Waals surface area (Å²) in [7, 11) is 0. The molecule has 2 atom stereocenters. The first-order chi connectivity index (χ1) is 6.68. The summed E-state index contributed by atoms with van der Waals surface area (Å²) < 4.78 is 0. The Kier molecular flexibility index (Phi) is 4.68. The first-order valence-corrected chi connectivity index (χ1v) is 5.40. The van der Waals surface area contributed by atoms with E-state index in [9.17, 15) is 5.11 Å². The van der Waals surface area contributed by atoms with Crippen molar-refractivity contribution in [2.24, 2.45) is 5.92 Å². The van der Waals surface area contributed by atoms with E-state index in [1.54, 1.807) is 0 Å². The molecular formula is C13H20O. The van der Waals surface area contributed by atoms with Gasteiger partial charge in [0.05, 0.1) is 6.10 Å². The van der Waals surface area contributed by atoms with Crippen molar-refractivity contribution in [3.8, 4) is 0 Å². The van der Waals surface area contributed by atoms with Crippen molar-refractivity contribution >= 4 is 0 Å². The molecule has 14 heavy (non-hydrogen) atoms. The Hall–Kier alpha value is -0.820. The smallest absolute Gasteiger partial charge is 0.0514 e. The first kappa shape index (κ1) is 11.3. The Balaban J connectivity index is 2.27. The molecule has 0 saturated carbocycles. The molecule has 1 aromatic rings. The number of aliphatic hydroxyl groups is 1. The van der Waals surface area contributed by atoms with Crippen molar-refractivity contribution in [1.29, 1.82) is 0 Å². The highest BCUT2D eigenvalue weighted by atomic mass is 16.3. The number of rotatable bonds is 5. The second-order valence-electron chi connectivity index (χ2n) is 4.21. The maximum Gasteiger partial charge on any atom is 0.0514 e. The molecule has 1 aromatic carbocycles. The molecule has 0 aliphatic rings. The van der Waals surface area contributed by atoms with Gasteiger partial charge in [-0.05, 0) is 37.7 Å². The van der Waals surface area contributed by atoms with Crippen molar-refractivity contribution in [1.82, 2.24) is 0 Å². The van der Waals surface area contributed by atoms with Gasteiger partial charge >= 0.3 is 0 Å². The van der Waals surface area contributed by atoms with Gasteiger partial charge in [0.15, 0.2) is 0 Å². The molecule has 2 unspecified atom stereocenters. The zero-order chi connectivity index (χ0) is 10.4. The maximum atomic E-state index is 9.22. The molecule has 0 heterocycles. The summed E-state index contributed by atoms with van der Waals surface area (Å²) in [5.41, 5.74) is 1.39. The summed E-state index contributed by atoms with van der Waals surface area (Å²) in [6, 6.07) is 10.5. The van der Waals surface area contributed by atoms with Crippen molar-refractivity contribution in [3.05, 3.63) is 35.9 Å². The zero-order valence-corrected chi connectivity index (χ0v) is 9.11. The molecule has 0 radical (unpaired) electrons. The van der Waals surface area contributed by atoms with Crippen LogP contribution in [-0.2, 0) is 6.42 Å². The number of aryl methyl sites for hydroxylation is 1. The molecule has 0 bridgehead atoms. The number of benzene rings is 1. The van der Waals surface area contributed by atoms with Crippen molar-refractivity contribution in [2.45, 2.75) is 39.2 Å². The molecule has 0 aliphatic heterocycles. The molecule has 0 aromatic heterocycles. The summed E-state index contributed by atoms with van der Waals surface area (Å²) in [6.45, 7) is 4.06. The van der Waals surface area contributed by atoms with Gasteiger partial charge in [-0.2, -0.15) is 0 Å². The maximum absolute atomic E-state index is 9.22. The highest BCUT2D eigenvalue weighted by molar-refractivity contribution is 5.14. The summed E-state index contributed by atoms with van der Waals surface area (Å²) >= 11 is 0. The fourth-order valence-corrected chi connectivity index (χ4v) is 1.76. The lowest BCUT2D eigenvalue weighted by Gasteiger charge is -2.12. The van der Waals surface area contributed by atoms with Gasteiger partial charge in [-0.25, -0.2) is 0 Å². The Bertz CT molecular complexity index is 241. The van der Waals surface area contributed by atoms with Gasteiger partial charge in [0.1, 0.15) is 0 Å². The monoisotopic (exact) mass is 192 g/mol. The number of aliphatic hydroxyl groups excluding tert-OH is 1. The van der Waals surface area contributed by atoms with E-state index in [1.807, 2.05) is 13.0 Å². The Morgan fingerprint density at radius 3 is 2.36 bits per heavy atom. The number of hydrogen-bond donors (Lipinski definition) is 1. The normalized spacial score (nSPS) is 15.1. The third kappa shape index (κ3) is 4.43. The molecule has 0 aliphatic carbocycles. The van der Waals surface area contributed by atoms with Crippen LogP contribution in [0.5, 0.6) is 0 Å². The Labute approximate surface area is 86.8 Å². The second-order valence-corrected chi connectivity index (χ2v) is 4.21. The van der Waals surface area contributed by atoms with E-state index in [0.717, 1.165) is 19.3 Å². The van der Waals surface area contributed by atoms with Crippen molar-refractivity contribution < 1.29 is 5.11 Å². The Morgan fingerprint density at radius 1 is 1.14 bits per heavy atom. The van der Waals surface area contributed by atoms with Crippen LogP contribution in [0.4, 0.5) is 0 Å². The SMILES string of the molecule is CC(O)CC(C)CCc1ccccc1. The van der Waals surface area contributed by atoms with Crippen LogP contribution < -0.4 is 0 Å². The summed E-state index contributed by atoms with van der Waals surface area (Å²) in [5.74, 6) is 0.607. The first-order valence-electron chi connectivity index (χ1n) is 5.40. The van der Waals surface area contributed by atoms with Crippen LogP contribution in [0, 0.1) is 5.92 Å². The predicted molar refractivity (Wildman–Crippen MR) is 60.2 cm³/mol. The lowest BCUT2D eigenvalue weighted by molar-refractivity contribution is 0.162. The van der Waals surface area contributed by atoms with E-state index in [4.69, 9.17) is 0 Å². The van der Waals surface area contributed by atoms with Crippen LogP contribution in [-0.4, -0.2) is 11.2 Å². The molecule has 1 heteroatoms. The quantitative estimate of drug-likeness (QED) is 0.760. The highest BCUT2D eigenvalue weighted by Gasteiger charge is 2.05. The number of hydrogen-bond acceptors (Lipinski definition) is 1. The van der Waals surface area contributed by atoms with Gasteiger partial charge in [-0.15, -0.1) is 0 Å². The Morgan fingerprint density at radius 2 is 1.79 bits per heavy atom. The lowest BCUT2D eigenvalue weighted by atomic mass is 9.96. The predicted octanol–water partition coefficient (Wildman–Crippen LogP) is 3.03. The van der Waals surface area contributed by atoms with Crippen LogP contribution in [0.15, 0.2) is 30.3 Å². The van der Waals surface area contributed by atoms with Crippen molar-refractivity contribution in [2.75, 3.05) is 0 Å². The summed E-state index contributed by atoms with van der Waals surface area (Å²) in [4.78, 5) is 0. The molecule has 0 saturated heterocycles. The van der Waals surface area contributed by atoms with Crippen LogP contribution in [0.1, 0.15) is 32.3 Å². The third-order valence-electron chi connectivity index (χ3n) is 2.51. The van der Waals surface area contributed by atoms with E-state index >= 15 is 0 Å². The standard InChI is InChI=1S/C13H20O/c1-11(10-12(2)14)8-9-13-6-4-3-5-7-13/h3-7,11-12,14H,8-10H2,1-2H3. The summed E-state index contributed by atoms with van der Waals surface area (Å²) in [5, 5.41) is 9.22. The fraction of sp³-hybridized carbons (Fsp3) is 0.538. The summed E-state index contributed by atoms with van der Waals surface area (Å²) in [6.07, 6.45) is 3.02. The molecule has 0 amide bonds. The lowest BCUT2D eigenvalue weighted by Crippen LogP contribution is -2.07. The van der Waals surface area contributed by atoms with E-state index in [-0.39, 0.29) is 6.10 Å². The second kappa shape index (κ2) is 5.82. The molecule has 0 fully saturated rings. The fourth-order valence-electron chi connectivity index (χ4n) is 1.76. The minimum atomic E-state index is -0.166. The molecule has 0 spiro atoms. The third-order valence-corrected chi connectivity index (χ3v) is 2.51. The van der Waals surface area contributed by atoms with Gasteiger partial charge in [0.2, 0.25) is 0 Å². The van der Waals surface area contributed by atoms with Gasteiger partial charge in [-0.1, -0.05) is 37.3 Å². The van der Waals surface area contributed by atoms with Gasteiger partial charge < -0.3 is 5.11 Å². The van der Waals surface area contributed by atoms with E-state index in [1.165, 1.54) is 5.56 Å².